The van der Waals surface area contributed by atoms with Gasteiger partial charge in [-0.25, -0.2) is 0 Å². The van der Waals surface area contributed by atoms with E-state index in [0.717, 1.165) is 12.8 Å². The van der Waals surface area contributed by atoms with Crippen molar-refractivity contribution >= 4 is 52.0 Å². The van der Waals surface area contributed by atoms with Gasteiger partial charge in [0.15, 0.2) is 0 Å². The molecule has 1 heterocycles. The first kappa shape index (κ1) is 13.5. The number of hydrogen-bond acceptors (Lipinski definition) is 2. The van der Waals surface area contributed by atoms with Crippen molar-refractivity contribution in [2.75, 3.05) is 12.4 Å². The van der Waals surface area contributed by atoms with Crippen LogP contribution >= 0.6 is 46.1 Å². The van der Waals surface area contributed by atoms with Crippen LogP contribution in [0.4, 0.5) is 0 Å². The first-order valence-electron chi connectivity index (χ1n) is 5.45. The fourth-order valence-corrected chi connectivity index (χ4v) is 3.51. The maximum absolute atomic E-state index is 12.3. The Morgan fingerprint density at radius 1 is 1.47 bits per heavy atom. The number of rotatable bonds is 4. The summed E-state index contributed by atoms with van der Waals surface area (Å²) in [4.78, 5) is 14.2. The summed E-state index contributed by atoms with van der Waals surface area (Å²) < 4.78 is 0.997. The number of nitrogens with zero attached hydrogens (tertiary/aromatic N) is 1. The lowest BCUT2D eigenvalue weighted by Gasteiger charge is -2.37. The largest absolute Gasteiger partial charge is 0.334 e. The molecule has 2 rings (SSSR count). The van der Waals surface area contributed by atoms with Crippen molar-refractivity contribution in [1.82, 2.24) is 4.90 Å². The third-order valence-corrected chi connectivity index (χ3v) is 4.65. The lowest BCUT2D eigenvalue weighted by Crippen LogP contribution is -2.45. The van der Waals surface area contributed by atoms with Gasteiger partial charge < -0.3 is 4.90 Å². The number of thiophene rings is 1. The number of amides is 1. The van der Waals surface area contributed by atoms with Gasteiger partial charge in [0.2, 0.25) is 0 Å². The number of halogens is 3. The Bertz CT molecular complexity index is 417. The van der Waals surface area contributed by atoms with Crippen LogP contribution in [0.3, 0.4) is 0 Å². The molecule has 1 aromatic rings. The zero-order chi connectivity index (χ0) is 12.4. The number of hydrogen-bond donors (Lipinski definition) is 0. The van der Waals surface area contributed by atoms with Gasteiger partial charge in [-0.2, -0.15) is 0 Å². The van der Waals surface area contributed by atoms with Gasteiger partial charge in [0.1, 0.15) is 4.34 Å². The Kier molecular flexibility index (Phi) is 4.59. The molecule has 1 aliphatic carbocycles. The molecule has 0 saturated heterocycles. The zero-order valence-corrected chi connectivity index (χ0v) is 12.2. The molecule has 17 heavy (non-hydrogen) atoms. The summed E-state index contributed by atoms with van der Waals surface area (Å²) in [7, 11) is 0. The average Bonchev–Trinajstić information content (AvgIpc) is 2.53. The SMILES string of the molecule is O=C(c1cc(Cl)sc1Cl)N(CCCl)C1CCC1. The molecule has 1 aromatic heterocycles. The maximum atomic E-state index is 12.3. The molecular formula is C11H12Cl3NOS. The monoisotopic (exact) mass is 311 g/mol. The fraction of sp³-hybridized carbons (Fsp3) is 0.545. The molecule has 0 N–H and O–H groups in total. The highest BCUT2D eigenvalue weighted by Gasteiger charge is 2.30. The van der Waals surface area contributed by atoms with Crippen molar-refractivity contribution in [1.29, 1.82) is 0 Å². The minimum Gasteiger partial charge on any atom is -0.334 e. The van der Waals surface area contributed by atoms with E-state index in [0.29, 0.717) is 32.7 Å². The van der Waals surface area contributed by atoms with Crippen LogP contribution < -0.4 is 0 Å². The van der Waals surface area contributed by atoms with E-state index < -0.39 is 0 Å². The molecule has 1 saturated carbocycles. The van der Waals surface area contributed by atoms with Crippen LogP contribution in [0, 0.1) is 0 Å². The Hall–Kier alpha value is 0.0400. The molecule has 0 radical (unpaired) electrons. The van der Waals surface area contributed by atoms with E-state index in [-0.39, 0.29) is 5.91 Å². The van der Waals surface area contributed by atoms with E-state index in [1.54, 1.807) is 6.07 Å². The second-order valence-electron chi connectivity index (χ2n) is 4.01. The van der Waals surface area contributed by atoms with Crippen molar-refractivity contribution in [3.05, 3.63) is 20.3 Å². The van der Waals surface area contributed by atoms with Crippen LogP contribution in [0.25, 0.3) is 0 Å². The van der Waals surface area contributed by atoms with Crippen LogP contribution in [0.1, 0.15) is 29.6 Å². The number of carbonyl (C=O) groups excluding carboxylic acids is 1. The van der Waals surface area contributed by atoms with Crippen LogP contribution in [0.15, 0.2) is 6.07 Å². The van der Waals surface area contributed by atoms with E-state index in [4.69, 9.17) is 34.8 Å². The highest BCUT2D eigenvalue weighted by molar-refractivity contribution is 7.20. The number of alkyl halides is 1. The third kappa shape index (κ3) is 2.90. The van der Waals surface area contributed by atoms with Crippen molar-refractivity contribution in [3.8, 4) is 0 Å². The van der Waals surface area contributed by atoms with Crippen LogP contribution in [0.5, 0.6) is 0 Å². The van der Waals surface area contributed by atoms with Gasteiger partial charge in [-0.15, -0.1) is 22.9 Å². The van der Waals surface area contributed by atoms with Gasteiger partial charge in [0.25, 0.3) is 5.91 Å². The topological polar surface area (TPSA) is 20.3 Å². The summed E-state index contributed by atoms with van der Waals surface area (Å²) in [6, 6.07) is 1.95. The van der Waals surface area contributed by atoms with Crippen molar-refractivity contribution < 1.29 is 4.79 Å². The summed E-state index contributed by atoms with van der Waals surface area (Å²) in [5.41, 5.74) is 0.499. The first-order chi connectivity index (χ1) is 8.13. The van der Waals surface area contributed by atoms with Gasteiger partial charge in [0, 0.05) is 18.5 Å². The predicted molar refractivity (Wildman–Crippen MR) is 73.7 cm³/mol. The summed E-state index contributed by atoms with van der Waals surface area (Å²) in [6.07, 6.45) is 3.28. The van der Waals surface area contributed by atoms with Gasteiger partial charge in [0.05, 0.1) is 9.90 Å². The molecule has 0 spiro atoms. The van der Waals surface area contributed by atoms with E-state index >= 15 is 0 Å². The number of carbonyl (C=O) groups is 1. The summed E-state index contributed by atoms with van der Waals surface area (Å²) >= 11 is 18.8. The van der Waals surface area contributed by atoms with E-state index in [9.17, 15) is 4.79 Å². The molecule has 0 bridgehead atoms. The molecule has 94 valence electrons. The van der Waals surface area contributed by atoms with Crippen molar-refractivity contribution in [2.45, 2.75) is 25.3 Å². The molecule has 1 amide bonds. The summed E-state index contributed by atoms with van der Waals surface area (Å²) in [5.74, 6) is 0.390. The second-order valence-corrected chi connectivity index (χ2v) is 6.67. The third-order valence-electron chi connectivity index (χ3n) is 2.99. The molecule has 0 aromatic carbocycles. The highest BCUT2D eigenvalue weighted by Crippen LogP contribution is 2.34. The van der Waals surface area contributed by atoms with Crippen molar-refractivity contribution in [2.24, 2.45) is 0 Å². The van der Waals surface area contributed by atoms with E-state index in [1.165, 1.54) is 17.8 Å². The minimum absolute atomic E-state index is 0.0523. The molecule has 1 aliphatic rings. The summed E-state index contributed by atoms with van der Waals surface area (Å²) in [6.45, 7) is 0.564. The molecule has 1 fully saturated rings. The predicted octanol–water partition coefficient (Wildman–Crippen LogP) is 4.29. The highest BCUT2D eigenvalue weighted by atomic mass is 35.5. The lowest BCUT2D eigenvalue weighted by atomic mass is 9.91. The minimum atomic E-state index is -0.0523. The Morgan fingerprint density at radius 2 is 2.18 bits per heavy atom. The molecule has 0 atom stereocenters. The Balaban J connectivity index is 2.17. The van der Waals surface area contributed by atoms with Crippen LogP contribution in [-0.4, -0.2) is 29.3 Å². The standard InChI is InChI=1S/C11H12Cl3NOS/c12-4-5-15(7-2-1-3-7)11(16)8-6-9(13)17-10(8)14/h6-7H,1-5H2. The van der Waals surface area contributed by atoms with Crippen LogP contribution in [0.2, 0.25) is 8.67 Å². The molecule has 6 heteroatoms. The van der Waals surface area contributed by atoms with Gasteiger partial charge in [-0.05, 0) is 25.3 Å². The molecule has 0 aliphatic heterocycles. The summed E-state index contributed by atoms with van der Waals surface area (Å²) in [5, 5.41) is 0. The first-order valence-corrected chi connectivity index (χ1v) is 7.56. The molecule has 2 nitrogen and oxygen atoms in total. The smallest absolute Gasteiger partial charge is 0.256 e. The van der Waals surface area contributed by atoms with Gasteiger partial charge in [-0.1, -0.05) is 23.2 Å². The molecular weight excluding hydrogens is 301 g/mol. The quantitative estimate of drug-likeness (QED) is 0.760. The van der Waals surface area contributed by atoms with Crippen LogP contribution in [-0.2, 0) is 0 Å². The Labute approximate surface area is 119 Å². The van der Waals surface area contributed by atoms with E-state index in [1.807, 2.05) is 4.90 Å². The zero-order valence-electron chi connectivity index (χ0n) is 9.09. The normalized spacial score (nSPS) is 15.7. The Morgan fingerprint density at radius 3 is 2.59 bits per heavy atom. The van der Waals surface area contributed by atoms with Crippen molar-refractivity contribution in [3.63, 3.8) is 0 Å². The fourth-order valence-electron chi connectivity index (χ4n) is 1.88. The maximum Gasteiger partial charge on any atom is 0.256 e. The average molecular weight is 313 g/mol. The van der Waals surface area contributed by atoms with Gasteiger partial charge >= 0.3 is 0 Å². The second kappa shape index (κ2) is 5.79. The van der Waals surface area contributed by atoms with E-state index in [2.05, 4.69) is 0 Å². The van der Waals surface area contributed by atoms with Gasteiger partial charge in [-0.3, -0.25) is 4.79 Å². The molecule has 0 unspecified atom stereocenters. The lowest BCUT2D eigenvalue weighted by molar-refractivity contribution is 0.0598.